The van der Waals surface area contributed by atoms with Crippen molar-refractivity contribution in [2.75, 3.05) is 6.54 Å². The zero-order valence-electron chi connectivity index (χ0n) is 11.9. The molecule has 1 amide bonds. The number of hydrogen-bond donors (Lipinski definition) is 0. The van der Waals surface area contributed by atoms with Gasteiger partial charge in [-0.1, -0.05) is 24.3 Å². The highest BCUT2D eigenvalue weighted by Gasteiger charge is 2.18. The maximum Gasteiger partial charge on any atom is 0.273 e. The number of aromatic nitrogens is 1. The first-order chi connectivity index (χ1) is 10.1. The Balaban J connectivity index is 2.22. The second-order valence-electron chi connectivity index (χ2n) is 4.77. The highest BCUT2D eigenvalue weighted by molar-refractivity contribution is 5.93. The van der Waals surface area contributed by atoms with Crippen LogP contribution in [0.4, 0.5) is 4.39 Å². The predicted molar refractivity (Wildman–Crippen MR) is 80.3 cm³/mol. The van der Waals surface area contributed by atoms with Gasteiger partial charge >= 0.3 is 0 Å². The molecule has 3 nitrogen and oxygen atoms in total. The Morgan fingerprint density at radius 3 is 2.67 bits per heavy atom. The Morgan fingerprint density at radius 2 is 2.05 bits per heavy atom. The molecule has 1 aromatic carbocycles. The Kier molecular flexibility index (Phi) is 4.82. The second kappa shape index (κ2) is 6.79. The average Bonchev–Trinajstić information content (AvgIpc) is 2.49. The van der Waals surface area contributed by atoms with Crippen LogP contribution in [0.2, 0.25) is 0 Å². The number of pyridine rings is 1. The van der Waals surface area contributed by atoms with Gasteiger partial charge < -0.3 is 4.90 Å². The van der Waals surface area contributed by atoms with Crippen LogP contribution in [0.3, 0.4) is 0 Å². The first kappa shape index (κ1) is 14.9. The zero-order valence-corrected chi connectivity index (χ0v) is 11.9. The summed E-state index contributed by atoms with van der Waals surface area (Å²) < 4.78 is 12.9. The van der Waals surface area contributed by atoms with Gasteiger partial charge in [0.05, 0.1) is 0 Å². The van der Waals surface area contributed by atoms with Gasteiger partial charge in [-0.15, -0.1) is 6.58 Å². The third kappa shape index (κ3) is 3.75. The van der Waals surface area contributed by atoms with Crippen LogP contribution in [0.1, 0.15) is 21.6 Å². The number of rotatable bonds is 5. The summed E-state index contributed by atoms with van der Waals surface area (Å²) in [5.41, 5.74) is 2.12. The molecule has 0 fully saturated rings. The van der Waals surface area contributed by atoms with Crippen LogP contribution in [0, 0.1) is 12.7 Å². The molecule has 0 N–H and O–H groups in total. The number of hydrogen-bond acceptors (Lipinski definition) is 2. The van der Waals surface area contributed by atoms with Crippen molar-refractivity contribution in [3.05, 3.63) is 77.9 Å². The summed E-state index contributed by atoms with van der Waals surface area (Å²) in [7, 11) is 0. The normalized spacial score (nSPS) is 10.2. The summed E-state index contributed by atoms with van der Waals surface area (Å²) in [6, 6.07) is 9.76. The lowest BCUT2D eigenvalue weighted by atomic mass is 10.1. The largest absolute Gasteiger partial charge is 0.329 e. The van der Waals surface area contributed by atoms with Crippen molar-refractivity contribution in [3.8, 4) is 0 Å². The van der Waals surface area contributed by atoms with E-state index in [1.54, 1.807) is 35.4 Å². The monoisotopic (exact) mass is 284 g/mol. The van der Waals surface area contributed by atoms with Crippen molar-refractivity contribution in [2.45, 2.75) is 13.5 Å². The topological polar surface area (TPSA) is 33.2 Å². The highest BCUT2D eigenvalue weighted by atomic mass is 19.1. The molecule has 0 aliphatic carbocycles. The van der Waals surface area contributed by atoms with Crippen LogP contribution in [0.25, 0.3) is 0 Å². The van der Waals surface area contributed by atoms with E-state index < -0.39 is 0 Å². The fourth-order valence-electron chi connectivity index (χ4n) is 2.04. The smallest absolute Gasteiger partial charge is 0.273 e. The van der Waals surface area contributed by atoms with Crippen molar-refractivity contribution in [1.82, 2.24) is 9.88 Å². The first-order valence-electron chi connectivity index (χ1n) is 6.68. The molecule has 0 atom stereocenters. The van der Waals surface area contributed by atoms with Gasteiger partial charge in [-0.2, -0.15) is 0 Å². The van der Waals surface area contributed by atoms with Crippen molar-refractivity contribution < 1.29 is 9.18 Å². The third-order valence-corrected chi connectivity index (χ3v) is 3.14. The van der Waals surface area contributed by atoms with Crippen LogP contribution in [0.5, 0.6) is 0 Å². The van der Waals surface area contributed by atoms with Crippen LogP contribution in [-0.4, -0.2) is 22.3 Å². The van der Waals surface area contributed by atoms with Gasteiger partial charge in [-0.3, -0.25) is 9.78 Å². The summed E-state index contributed by atoms with van der Waals surface area (Å²) in [6.45, 7) is 6.33. The Bertz CT molecular complexity index is 637. The lowest BCUT2D eigenvalue weighted by Gasteiger charge is -2.21. The van der Waals surface area contributed by atoms with Crippen molar-refractivity contribution in [3.63, 3.8) is 0 Å². The molecule has 0 saturated heterocycles. The standard InChI is InChI=1S/C17H17FN2O/c1-3-11-20(12-14-6-8-15(18)9-7-14)17(21)16-13(2)5-4-10-19-16/h3-10H,1,11-12H2,2H3. The van der Waals surface area contributed by atoms with E-state index >= 15 is 0 Å². The van der Waals surface area contributed by atoms with E-state index in [-0.39, 0.29) is 11.7 Å². The number of carbonyl (C=O) groups is 1. The van der Waals surface area contributed by atoms with E-state index in [1.165, 1.54) is 12.1 Å². The fourth-order valence-corrected chi connectivity index (χ4v) is 2.04. The lowest BCUT2D eigenvalue weighted by Crippen LogP contribution is -2.31. The first-order valence-corrected chi connectivity index (χ1v) is 6.68. The van der Waals surface area contributed by atoms with E-state index in [0.717, 1.165) is 11.1 Å². The summed E-state index contributed by atoms with van der Waals surface area (Å²) in [5, 5.41) is 0. The maximum atomic E-state index is 12.9. The SMILES string of the molecule is C=CCN(Cc1ccc(F)cc1)C(=O)c1ncccc1C. The molecule has 0 radical (unpaired) electrons. The number of benzene rings is 1. The molecule has 0 aliphatic rings. The minimum absolute atomic E-state index is 0.155. The average molecular weight is 284 g/mol. The van der Waals surface area contributed by atoms with Crippen molar-refractivity contribution in [2.24, 2.45) is 0 Å². The van der Waals surface area contributed by atoms with Gasteiger partial charge in [0.1, 0.15) is 11.5 Å². The zero-order chi connectivity index (χ0) is 15.2. The van der Waals surface area contributed by atoms with Crippen LogP contribution < -0.4 is 0 Å². The van der Waals surface area contributed by atoms with Crippen LogP contribution in [0.15, 0.2) is 55.3 Å². The molecule has 21 heavy (non-hydrogen) atoms. The summed E-state index contributed by atoms with van der Waals surface area (Å²) in [6.07, 6.45) is 3.27. The van der Waals surface area contributed by atoms with E-state index in [4.69, 9.17) is 0 Å². The molecule has 0 spiro atoms. The third-order valence-electron chi connectivity index (χ3n) is 3.14. The van der Waals surface area contributed by atoms with Gasteiger partial charge in [0.25, 0.3) is 5.91 Å². The van der Waals surface area contributed by atoms with Crippen LogP contribution >= 0.6 is 0 Å². The fraction of sp³-hybridized carbons (Fsp3) is 0.176. The van der Waals surface area contributed by atoms with Gasteiger partial charge in [0.15, 0.2) is 0 Å². The van der Waals surface area contributed by atoms with Gasteiger partial charge in [-0.05, 0) is 36.2 Å². The molecule has 4 heteroatoms. The molecule has 1 heterocycles. The molecule has 2 aromatic rings. The lowest BCUT2D eigenvalue weighted by molar-refractivity contribution is 0.0756. The molecular weight excluding hydrogens is 267 g/mol. The molecular formula is C17H17FN2O. The van der Waals surface area contributed by atoms with Crippen LogP contribution in [-0.2, 0) is 6.54 Å². The summed E-state index contributed by atoms with van der Waals surface area (Å²) in [5.74, 6) is -0.446. The summed E-state index contributed by atoms with van der Waals surface area (Å²) >= 11 is 0. The molecule has 0 aliphatic heterocycles. The Labute approximate surface area is 123 Å². The van der Waals surface area contributed by atoms with E-state index in [2.05, 4.69) is 11.6 Å². The minimum atomic E-state index is -0.291. The minimum Gasteiger partial charge on any atom is -0.329 e. The highest BCUT2D eigenvalue weighted by Crippen LogP contribution is 2.12. The molecule has 2 rings (SSSR count). The number of aryl methyl sites for hydroxylation is 1. The maximum absolute atomic E-state index is 12.9. The van der Waals surface area contributed by atoms with Gasteiger partial charge in [0, 0.05) is 19.3 Å². The van der Waals surface area contributed by atoms with Crippen molar-refractivity contribution in [1.29, 1.82) is 0 Å². The van der Waals surface area contributed by atoms with E-state index in [1.807, 2.05) is 13.0 Å². The Morgan fingerprint density at radius 1 is 1.33 bits per heavy atom. The van der Waals surface area contributed by atoms with E-state index in [0.29, 0.717) is 18.8 Å². The second-order valence-corrected chi connectivity index (χ2v) is 4.77. The Hall–Kier alpha value is -2.49. The number of halogens is 1. The van der Waals surface area contributed by atoms with Gasteiger partial charge in [0.2, 0.25) is 0 Å². The molecule has 1 aromatic heterocycles. The van der Waals surface area contributed by atoms with Crippen molar-refractivity contribution >= 4 is 5.91 Å². The van der Waals surface area contributed by atoms with Gasteiger partial charge in [-0.25, -0.2) is 4.39 Å². The summed E-state index contributed by atoms with van der Waals surface area (Å²) in [4.78, 5) is 18.4. The molecule has 0 unspecified atom stereocenters. The molecule has 0 bridgehead atoms. The molecule has 0 saturated carbocycles. The quantitative estimate of drug-likeness (QED) is 0.789. The number of amides is 1. The molecule has 108 valence electrons. The number of nitrogens with zero attached hydrogens (tertiary/aromatic N) is 2. The predicted octanol–water partition coefficient (Wildman–Crippen LogP) is 3.36. The van der Waals surface area contributed by atoms with E-state index in [9.17, 15) is 9.18 Å². The number of carbonyl (C=O) groups excluding carboxylic acids is 1.